The Morgan fingerprint density at radius 2 is 1.82 bits per heavy atom. The maximum absolute atomic E-state index is 13.3. The summed E-state index contributed by atoms with van der Waals surface area (Å²) in [6.07, 6.45) is -1.22. The summed E-state index contributed by atoms with van der Waals surface area (Å²) in [5, 5.41) is 0.921. The Labute approximate surface area is 130 Å². The zero-order valence-electron chi connectivity index (χ0n) is 11.8. The van der Waals surface area contributed by atoms with Crippen LogP contribution in [0.2, 0.25) is 0 Å². The van der Waals surface area contributed by atoms with Crippen LogP contribution in [0.15, 0.2) is 18.2 Å². The Bertz CT molecular complexity index is 572. The van der Waals surface area contributed by atoms with E-state index in [9.17, 15) is 22.4 Å². The first-order chi connectivity index (χ1) is 10.3. The van der Waals surface area contributed by atoms with Gasteiger partial charge in [0.2, 0.25) is 0 Å². The maximum atomic E-state index is 13.3. The topological polar surface area (TPSA) is 17.1 Å². The molecule has 22 heavy (non-hydrogen) atoms. The lowest BCUT2D eigenvalue weighted by Gasteiger charge is -2.26. The third kappa shape index (κ3) is 3.31. The summed E-state index contributed by atoms with van der Waals surface area (Å²) in [6.45, 7) is 0. The minimum Gasteiger partial charge on any atom is -0.299 e. The molecule has 120 valence electrons. The Hall–Kier alpha value is -1.04. The molecule has 2 fully saturated rings. The lowest BCUT2D eigenvalue weighted by molar-refractivity contribution is -0.138. The Kier molecular flexibility index (Phi) is 4.23. The van der Waals surface area contributed by atoms with Crippen LogP contribution in [-0.4, -0.2) is 16.3 Å². The number of hydrogen-bond acceptors (Lipinski definition) is 2. The van der Waals surface area contributed by atoms with Crippen LogP contribution in [0, 0.1) is 11.7 Å². The number of Topliss-reactive ketones (excluding diaryl/α,β-unsaturated/α-hetero) is 1. The highest BCUT2D eigenvalue weighted by atomic mass is 32.2. The van der Waals surface area contributed by atoms with Gasteiger partial charge in [0.05, 0.1) is 5.56 Å². The van der Waals surface area contributed by atoms with Crippen molar-refractivity contribution < 1.29 is 22.4 Å². The van der Waals surface area contributed by atoms with Crippen molar-refractivity contribution in [3.8, 4) is 0 Å². The number of alkyl halides is 3. The fourth-order valence-electron chi connectivity index (χ4n) is 3.44. The number of rotatable bonds is 3. The predicted molar refractivity (Wildman–Crippen MR) is 77.2 cm³/mol. The van der Waals surface area contributed by atoms with E-state index in [0.717, 1.165) is 43.9 Å². The molecular weight excluding hydrogens is 316 g/mol. The first-order valence-corrected chi connectivity index (χ1v) is 8.31. The van der Waals surface area contributed by atoms with Gasteiger partial charge in [0, 0.05) is 22.8 Å². The van der Waals surface area contributed by atoms with Crippen LogP contribution in [0.3, 0.4) is 0 Å². The van der Waals surface area contributed by atoms with Gasteiger partial charge in [-0.1, -0.05) is 0 Å². The van der Waals surface area contributed by atoms with Crippen molar-refractivity contribution >= 4 is 17.5 Å². The molecule has 6 heteroatoms. The van der Waals surface area contributed by atoms with Gasteiger partial charge in [0.1, 0.15) is 11.6 Å². The number of ketones is 1. The van der Waals surface area contributed by atoms with Crippen LogP contribution in [-0.2, 0) is 17.4 Å². The van der Waals surface area contributed by atoms with E-state index in [2.05, 4.69) is 0 Å². The highest BCUT2D eigenvalue weighted by Gasteiger charge is 2.39. The number of fused-ring (bicyclic) bond motifs is 2. The van der Waals surface area contributed by atoms with Crippen LogP contribution < -0.4 is 0 Å². The van der Waals surface area contributed by atoms with Gasteiger partial charge in [-0.15, -0.1) is 0 Å². The van der Waals surface area contributed by atoms with E-state index in [-0.39, 0.29) is 23.7 Å². The van der Waals surface area contributed by atoms with E-state index in [1.165, 1.54) is 0 Å². The number of carbonyl (C=O) groups is 1. The van der Waals surface area contributed by atoms with E-state index in [1.807, 2.05) is 11.8 Å². The summed E-state index contributed by atoms with van der Waals surface area (Å²) < 4.78 is 52.2. The second-order valence-corrected chi connectivity index (χ2v) is 7.67. The standard InChI is InChI=1S/C16H16F4OS/c17-11-1-4-14(16(18,19)20)9(5-11)8-15(21)10-6-12-2-3-13(7-10)22-12/h1,4-5,10,12-13H,2-3,6-8H2. The van der Waals surface area contributed by atoms with Crippen molar-refractivity contribution in [2.24, 2.45) is 5.92 Å². The third-order valence-electron chi connectivity index (χ3n) is 4.48. The lowest BCUT2D eigenvalue weighted by Crippen LogP contribution is -2.26. The number of carbonyl (C=O) groups excluding carboxylic acids is 1. The third-order valence-corrected chi connectivity index (χ3v) is 6.11. The molecule has 2 bridgehead atoms. The molecule has 2 heterocycles. The van der Waals surface area contributed by atoms with E-state index in [4.69, 9.17) is 0 Å². The molecule has 0 spiro atoms. The predicted octanol–water partition coefficient (Wildman–Crippen LogP) is 4.63. The maximum Gasteiger partial charge on any atom is 0.416 e. The van der Waals surface area contributed by atoms with Crippen LogP contribution in [0.25, 0.3) is 0 Å². The van der Waals surface area contributed by atoms with Gasteiger partial charge in [0.25, 0.3) is 0 Å². The number of thioether (sulfide) groups is 1. The van der Waals surface area contributed by atoms with Gasteiger partial charge in [0.15, 0.2) is 0 Å². The van der Waals surface area contributed by atoms with Crippen LogP contribution in [0.1, 0.15) is 36.8 Å². The summed E-state index contributed by atoms with van der Waals surface area (Å²) in [5.41, 5.74) is -1.15. The molecule has 0 N–H and O–H groups in total. The molecule has 1 aromatic rings. The second kappa shape index (κ2) is 5.87. The smallest absolute Gasteiger partial charge is 0.299 e. The van der Waals surface area contributed by atoms with Crippen molar-refractivity contribution in [1.82, 2.24) is 0 Å². The van der Waals surface area contributed by atoms with Crippen molar-refractivity contribution in [2.75, 3.05) is 0 Å². The second-order valence-electron chi connectivity index (χ2n) is 6.07. The molecule has 0 saturated carbocycles. The van der Waals surface area contributed by atoms with Gasteiger partial charge in [-0.2, -0.15) is 24.9 Å². The summed E-state index contributed by atoms with van der Waals surface area (Å²) in [4.78, 5) is 12.4. The molecule has 2 atom stereocenters. The van der Waals surface area contributed by atoms with Gasteiger partial charge < -0.3 is 0 Å². The molecule has 2 saturated heterocycles. The first-order valence-electron chi connectivity index (χ1n) is 7.36. The zero-order valence-corrected chi connectivity index (χ0v) is 12.6. The molecule has 0 aliphatic carbocycles. The van der Waals surface area contributed by atoms with Crippen molar-refractivity contribution in [3.05, 3.63) is 35.1 Å². The number of hydrogen-bond donors (Lipinski definition) is 0. The van der Waals surface area contributed by atoms with Gasteiger partial charge in [-0.05, 0) is 49.4 Å². The van der Waals surface area contributed by atoms with Crippen LogP contribution >= 0.6 is 11.8 Å². The highest BCUT2D eigenvalue weighted by Crippen LogP contribution is 2.46. The van der Waals surface area contributed by atoms with Gasteiger partial charge >= 0.3 is 6.18 Å². The molecular formula is C16H16F4OS. The monoisotopic (exact) mass is 332 g/mol. The summed E-state index contributed by atoms with van der Waals surface area (Å²) in [7, 11) is 0. The SMILES string of the molecule is O=C(Cc1cc(F)ccc1C(F)(F)F)C1CC2CCC(C1)S2. The van der Waals surface area contributed by atoms with Gasteiger partial charge in [-0.3, -0.25) is 4.79 Å². The minimum absolute atomic E-state index is 0.178. The Morgan fingerprint density at radius 1 is 1.18 bits per heavy atom. The molecule has 3 rings (SSSR count). The molecule has 0 amide bonds. The molecule has 1 aromatic carbocycles. The largest absolute Gasteiger partial charge is 0.416 e. The first kappa shape index (κ1) is 15.8. The van der Waals surface area contributed by atoms with E-state index >= 15 is 0 Å². The lowest BCUT2D eigenvalue weighted by atomic mass is 9.89. The Morgan fingerprint density at radius 3 is 2.41 bits per heavy atom. The fourth-order valence-corrected chi connectivity index (χ4v) is 5.21. The van der Waals surface area contributed by atoms with Crippen molar-refractivity contribution in [3.63, 3.8) is 0 Å². The van der Waals surface area contributed by atoms with Crippen LogP contribution in [0.5, 0.6) is 0 Å². The van der Waals surface area contributed by atoms with Crippen LogP contribution in [0.4, 0.5) is 17.6 Å². The Balaban J connectivity index is 1.78. The number of benzene rings is 1. The minimum atomic E-state index is -4.56. The van der Waals surface area contributed by atoms with Crippen molar-refractivity contribution in [2.45, 2.75) is 48.8 Å². The highest BCUT2D eigenvalue weighted by molar-refractivity contribution is 8.00. The normalized spacial score (nSPS) is 27.9. The zero-order chi connectivity index (χ0) is 15.9. The molecule has 2 aliphatic rings. The number of halogens is 4. The summed E-state index contributed by atoms with van der Waals surface area (Å²) in [5.74, 6) is -1.11. The molecule has 2 unspecified atom stereocenters. The molecule has 0 aromatic heterocycles. The quantitative estimate of drug-likeness (QED) is 0.751. The van der Waals surface area contributed by atoms with Crippen molar-refractivity contribution in [1.29, 1.82) is 0 Å². The molecule has 1 nitrogen and oxygen atoms in total. The van der Waals surface area contributed by atoms with E-state index < -0.39 is 17.6 Å². The average Bonchev–Trinajstić information content (AvgIpc) is 2.76. The fraction of sp³-hybridized carbons (Fsp3) is 0.562. The van der Waals surface area contributed by atoms with E-state index in [1.54, 1.807) is 0 Å². The average molecular weight is 332 g/mol. The molecule has 0 radical (unpaired) electrons. The summed E-state index contributed by atoms with van der Waals surface area (Å²) >= 11 is 1.90. The van der Waals surface area contributed by atoms with Gasteiger partial charge in [-0.25, -0.2) is 4.39 Å². The summed E-state index contributed by atoms with van der Waals surface area (Å²) in [6, 6.07) is 2.35. The molecule has 2 aliphatic heterocycles. The van der Waals surface area contributed by atoms with E-state index in [0.29, 0.717) is 10.5 Å².